The summed E-state index contributed by atoms with van der Waals surface area (Å²) in [4.78, 5) is 0. The molecule has 0 spiro atoms. The summed E-state index contributed by atoms with van der Waals surface area (Å²) in [5.74, 6) is 0. The first-order valence-electron chi connectivity index (χ1n) is 2.25. The van der Waals surface area contributed by atoms with Gasteiger partial charge in [-0.2, -0.15) is 0 Å². The maximum absolute atomic E-state index is 10.3. The molecular formula is C3H8INO2S. The predicted octanol–water partition coefficient (Wildman–Crippen LogP) is 0.666. The Balaban J connectivity index is 3.42. The van der Waals surface area contributed by atoms with Crippen molar-refractivity contribution in [1.29, 1.82) is 0 Å². The van der Waals surface area contributed by atoms with E-state index in [1.165, 1.54) is 21.2 Å². The summed E-state index contributed by atoms with van der Waals surface area (Å²) in [6.07, 6.45) is 0.836. The van der Waals surface area contributed by atoms with E-state index in [1.54, 1.807) is 0 Å². The highest BCUT2D eigenvalue weighted by atomic mass is 127. The van der Waals surface area contributed by atoms with E-state index in [2.05, 4.69) is 4.72 Å². The molecule has 0 aliphatic rings. The molecule has 0 atom stereocenters. The molecule has 0 radical (unpaired) electrons. The van der Waals surface area contributed by atoms with E-state index < -0.39 is 7.19 Å². The van der Waals surface area contributed by atoms with Crippen LogP contribution in [0.25, 0.3) is 0 Å². The van der Waals surface area contributed by atoms with Crippen LogP contribution in [0.5, 0.6) is 0 Å². The number of hydrogen-bond acceptors (Lipinski definition) is 2. The maximum Gasteiger partial charge on any atom is 0.265 e. The summed E-state index contributed by atoms with van der Waals surface area (Å²) in [6.45, 7) is 2.44. The second kappa shape index (κ2) is 3.62. The standard InChI is InChI=1S/C3H8INO2S/c1-2-3-5-8(4,6)7/h5H,2-3H2,1H3. The zero-order valence-electron chi connectivity index (χ0n) is 4.52. The first-order chi connectivity index (χ1) is 3.56. The van der Waals surface area contributed by atoms with Crippen molar-refractivity contribution in [3.05, 3.63) is 0 Å². The highest BCUT2D eigenvalue weighted by molar-refractivity contribution is 14.2. The minimum atomic E-state index is -2.97. The fourth-order valence-corrected chi connectivity index (χ4v) is 1.33. The van der Waals surface area contributed by atoms with Crippen molar-refractivity contribution in [1.82, 2.24) is 4.72 Å². The summed E-state index contributed by atoms with van der Waals surface area (Å²) >= 11 is 1.36. The van der Waals surface area contributed by atoms with Crippen LogP contribution in [0.2, 0.25) is 0 Å². The van der Waals surface area contributed by atoms with Gasteiger partial charge < -0.3 is 0 Å². The number of rotatable bonds is 3. The normalized spacial score (nSPS) is 11.8. The highest BCUT2D eigenvalue weighted by Crippen LogP contribution is 1.93. The maximum atomic E-state index is 10.3. The second-order valence-corrected chi connectivity index (χ2v) is 5.98. The summed E-state index contributed by atoms with van der Waals surface area (Å²) in [5.41, 5.74) is 0. The molecule has 0 aromatic carbocycles. The molecular weight excluding hydrogens is 241 g/mol. The average molecular weight is 249 g/mol. The van der Waals surface area contributed by atoms with Crippen molar-refractivity contribution >= 4 is 28.4 Å². The van der Waals surface area contributed by atoms with Gasteiger partial charge in [-0.1, -0.05) is 6.92 Å². The zero-order valence-corrected chi connectivity index (χ0v) is 7.49. The van der Waals surface area contributed by atoms with Crippen molar-refractivity contribution in [2.24, 2.45) is 0 Å². The van der Waals surface area contributed by atoms with Crippen LogP contribution in [0, 0.1) is 0 Å². The first kappa shape index (κ1) is 8.64. The zero-order chi connectivity index (χ0) is 6.62. The Bertz CT molecular complexity index is 141. The van der Waals surface area contributed by atoms with Gasteiger partial charge in [0, 0.05) is 6.54 Å². The predicted molar refractivity (Wildman–Crippen MR) is 41.2 cm³/mol. The Morgan fingerprint density at radius 3 is 2.25 bits per heavy atom. The Hall–Kier alpha value is 0.640. The molecule has 0 aliphatic heterocycles. The van der Waals surface area contributed by atoms with Crippen LogP contribution >= 0.6 is 21.2 Å². The van der Waals surface area contributed by atoms with E-state index in [4.69, 9.17) is 0 Å². The van der Waals surface area contributed by atoms with Crippen molar-refractivity contribution < 1.29 is 8.42 Å². The van der Waals surface area contributed by atoms with Gasteiger partial charge >= 0.3 is 0 Å². The Morgan fingerprint density at radius 2 is 2.12 bits per heavy atom. The Labute approximate surface area is 61.5 Å². The van der Waals surface area contributed by atoms with Crippen LogP contribution in [0.3, 0.4) is 0 Å². The summed E-state index contributed by atoms with van der Waals surface area (Å²) < 4.78 is 22.9. The van der Waals surface area contributed by atoms with Crippen molar-refractivity contribution in [3.8, 4) is 0 Å². The van der Waals surface area contributed by atoms with Gasteiger partial charge in [0.05, 0.1) is 21.2 Å². The van der Waals surface area contributed by atoms with E-state index in [-0.39, 0.29) is 0 Å². The van der Waals surface area contributed by atoms with Crippen molar-refractivity contribution in [2.75, 3.05) is 6.54 Å². The van der Waals surface area contributed by atoms with Crippen molar-refractivity contribution in [2.45, 2.75) is 13.3 Å². The molecule has 8 heavy (non-hydrogen) atoms. The van der Waals surface area contributed by atoms with Gasteiger partial charge in [-0.25, -0.2) is 13.1 Å². The number of hydrogen-bond donors (Lipinski definition) is 1. The smallest absolute Gasteiger partial charge is 0.207 e. The van der Waals surface area contributed by atoms with E-state index in [9.17, 15) is 8.42 Å². The molecule has 0 aromatic rings. The van der Waals surface area contributed by atoms with E-state index in [0.29, 0.717) is 6.54 Å². The molecule has 5 heteroatoms. The lowest BCUT2D eigenvalue weighted by Gasteiger charge is -1.93. The van der Waals surface area contributed by atoms with Crippen molar-refractivity contribution in [3.63, 3.8) is 0 Å². The van der Waals surface area contributed by atoms with Gasteiger partial charge in [-0.3, -0.25) is 0 Å². The molecule has 0 unspecified atom stereocenters. The molecule has 0 rings (SSSR count). The van der Waals surface area contributed by atoms with Gasteiger partial charge in [-0.05, 0) is 6.42 Å². The molecule has 0 aliphatic carbocycles. The number of nitrogens with one attached hydrogen (secondary N) is 1. The number of halogens is 1. The monoisotopic (exact) mass is 249 g/mol. The fourth-order valence-electron chi connectivity index (χ4n) is 0.224. The molecule has 0 heterocycles. The van der Waals surface area contributed by atoms with E-state index in [0.717, 1.165) is 6.42 Å². The third-order valence-corrected chi connectivity index (χ3v) is 2.01. The molecule has 1 N–H and O–H groups in total. The molecule has 0 aromatic heterocycles. The minimum absolute atomic E-state index is 0.533. The molecule has 0 fully saturated rings. The van der Waals surface area contributed by atoms with Crippen LogP contribution in [0.15, 0.2) is 0 Å². The van der Waals surface area contributed by atoms with Crippen LogP contribution in [-0.4, -0.2) is 15.0 Å². The largest absolute Gasteiger partial charge is 0.265 e. The summed E-state index contributed by atoms with van der Waals surface area (Å²) in [6, 6.07) is 0. The molecule has 3 nitrogen and oxygen atoms in total. The first-order valence-corrected chi connectivity index (χ1v) is 6.28. The van der Waals surface area contributed by atoms with Gasteiger partial charge in [0.15, 0.2) is 0 Å². The van der Waals surface area contributed by atoms with Crippen LogP contribution in [0.4, 0.5) is 0 Å². The summed E-state index contributed by atoms with van der Waals surface area (Å²) in [5, 5.41) is 0. The molecule has 0 amide bonds. The third-order valence-electron chi connectivity index (χ3n) is 0.524. The molecule has 50 valence electrons. The van der Waals surface area contributed by atoms with E-state index in [1.807, 2.05) is 6.92 Å². The highest BCUT2D eigenvalue weighted by Gasteiger charge is 1.97. The van der Waals surface area contributed by atoms with Gasteiger partial charge in [0.2, 0.25) is 0 Å². The Kier molecular flexibility index (Phi) is 3.91. The lowest BCUT2D eigenvalue weighted by Crippen LogP contribution is -2.17. The van der Waals surface area contributed by atoms with Gasteiger partial charge in [-0.15, -0.1) is 0 Å². The minimum Gasteiger partial charge on any atom is -0.207 e. The SMILES string of the molecule is CCCNS(=O)(=O)I. The van der Waals surface area contributed by atoms with Crippen LogP contribution in [0.1, 0.15) is 13.3 Å². The van der Waals surface area contributed by atoms with Crippen LogP contribution in [-0.2, 0) is 7.19 Å². The van der Waals surface area contributed by atoms with E-state index >= 15 is 0 Å². The topological polar surface area (TPSA) is 46.2 Å². The molecule has 0 saturated heterocycles. The lowest BCUT2D eigenvalue weighted by atomic mass is 10.5. The van der Waals surface area contributed by atoms with Gasteiger partial charge in [0.25, 0.3) is 7.19 Å². The Morgan fingerprint density at radius 1 is 1.62 bits per heavy atom. The quantitative estimate of drug-likeness (QED) is 0.590. The molecule has 0 saturated carbocycles. The van der Waals surface area contributed by atoms with Crippen LogP contribution < -0.4 is 4.72 Å². The second-order valence-electron chi connectivity index (χ2n) is 1.33. The van der Waals surface area contributed by atoms with Gasteiger partial charge in [0.1, 0.15) is 0 Å². The third kappa shape index (κ3) is 6.64. The lowest BCUT2D eigenvalue weighted by molar-refractivity contribution is 0.599. The average Bonchev–Trinajstić information content (AvgIpc) is 1.59. The summed E-state index contributed by atoms with van der Waals surface area (Å²) in [7, 11) is -2.97. The molecule has 0 bridgehead atoms. The fraction of sp³-hybridized carbons (Fsp3) is 1.00.